The van der Waals surface area contributed by atoms with E-state index in [1.807, 2.05) is 0 Å². The molecule has 4 nitrogen and oxygen atoms in total. The van der Waals surface area contributed by atoms with E-state index in [0.29, 0.717) is 0 Å². The van der Waals surface area contributed by atoms with E-state index in [2.05, 4.69) is 9.17 Å². The van der Waals surface area contributed by atoms with Gasteiger partial charge < -0.3 is 0 Å². The molecule has 0 radical (unpaired) electrons. The molecule has 0 saturated carbocycles. The van der Waals surface area contributed by atoms with Crippen LogP contribution in [0, 0.1) is 0 Å². The van der Waals surface area contributed by atoms with Crippen LogP contribution in [-0.4, -0.2) is 19.7 Å². The van der Waals surface area contributed by atoms with Crippen molar-refractivity contribution in [1.29, 1.82) is 0 Å². The molecule has 16 heavy (non-hydrogen) atoms. The summed E-state index contributed by atoms with van der Waals surface area (Å²) < 4.78 is 61.9. The summed E-state index contributed by atoms with van der Waals surface area (Å²) in [7, 11) is -3.61. The number of hydrogen-bond donors (Lipinski definition) is 0. The quantitative estimate of drug-likeness (QED) is 0.769. The summed E-state index contributed by atoms with van der Waals surface area (Å²) in [5.41, 5.74) is -0.783. The molecule has 1 heterocycles. The molecule has 1 aromatic rings. The van der Waals surface area contributed by atoms with E-state index in [1.165, 1.54) is 0 Å². The maximum Gasteiger partial charge on any atom is 0.433 e. The fourth-order valence-electron chi connectivity index (χ4n) is 0.853. The van der Waals surface area contributed by atoms with Gasteiger partial charge in [0.2, 0.25) is 0 Å². The SMILES string of the molecule is CS(=O)(=O)OCc1ccc(C(F)(F)F)nc1. The molecular formula is C8H8F3NO3S. The molecule has 0 fully saturated rings. The number of hydrogen-bond acceptors (Lipinski definition) is 4. The highest BCUT2D eigenvalue weighted by Crippen LogP contribution is 2.27. The smallest absolute Gasteiger partial charge is 0.265 e. The molecule has 1 rings (SSSR count). The second-order valence-corrected chi connectivity index (χ2v) is 4.66. The van der Waals surface area contributed by atoms with Crippen molar-refractivity contribution >= 4 is 10.1 Å². The topological polar surface area (TPSA) is 56.3 Å². The fraction of sp³-hybridized carbons (Fsp3) is 0.375. The number of nitrogens with zero attached hydrogens (tertiary/aromatic N) is 1. The molecule has 0 aliphatic carbocycles. The van der Waals surface area contributed by atoms with Crippen LogP contribution in [0.25, 0.3) is 0 Å². The van der Waals surface area contributed by atoms with Crippen molar-refractivity contribution in [3.8, 4) is 0 Å². The predicted molar refractivity (Wildman–Crippen MR) is 48.9 cm³/mol. The minimum atomic E-state index is -4.50. The van der Waals surface area contributed by atoms with Gasteiger partial charge in [-0.2, -0.15) is 21.6 Å². The molecule has 1 aromatic heterocycles. The Balaban J connectivity index is 2.73. The molecule has 0 bridgehead atoms. The first-order chi connectivity index (χ1) is 7.18. The van der Waals surface area contributed by atoms with Crippen molar-refractivity contribution in [1.82, 2.24) is 4.98 Å². The summed E-state index contributed by atoms with van der Waals surface area (Å²) >= 11 is 0. The first-order valence-electron chi connectivity index (χ1n) is 4.05. The Morgan fingerprint density at radius 2 is 2.00 bits per heavy atom. The van der Waals surface area contributed by atoms with Crippen LogP contribution < -0.4 is 0 Å². The second kappa shape index (κ2) is 4.38. The Bertz CT molecular complexity index is 452. The highest BCUT2D eigenvalue weighted by Gasteiger charge is 2.31. The van der Waals surface area contributed by atoms with E-state index in [-0.39, 0.29) is 12.2 Å². The lowest BCUT2D eigenvalue weighted by molar-refractivity contribution is -0.141. The first kappa shape index (κ1) is 12.9. The van der Waals surface area contributed by atoms with Gasteiger partial charge in [0.25, 0.3) is 10.1 Å². The third kappa shape index (κ3) is 4.15. The molecule has 0 atom stereocenters. The average molecular weight is 255 g/mol. The van der Waals surface area contributed by atoms with E-state index in [4.69, 9.17) is 0 Å². The minimum absolute atomic E-state index is 0.249. The van der Waals surface area contributed by atoms with E-state index in [1.54, 1.807) is 0 Å². The number of aromatic nitrogens is 1. The van der Waals surface area contributed by atoms with Crippen LogP contribution in [-0.2, 0) is 27.1 Å². The van der Waals surface area contributed by atoms with Crippen LogP contribution in [0.4, 0.5) is 13.2 Å². The second-order valence-electron chi connectivity index (χ2n) is 3.02. The van der Waals surface area contributed by atoms with E-state index in [0.717, 1.165) is 24.6 Å². The lowest BCUT2D eigenvalue weighted by Gasteiger charge is -2.06. The molecule has 0 N–H and O–H groups in total. The maximum absolute atomic E-state index is 12.1. The molecule has 0 saturated heterocycles. The van der Waals surface area contributed by atoms with Gasteiger partial charge in [-0.05, 0) is 11.6 Å². The summed E-state index contributed by atoms with van der Waals surface area (Å²) in [6.45, 7) is -0.329. The van der Waals surface area contributed by atoms with Gasteiger partial charge in [0, 0.05) is 6.20 Å². The molecule has 0 aliphatic rings. The first-order valence-corrected chi connectivity index (χ1v) is 5.87. The maximum atomic E-state index is 12.1. The zero-order chi connectivity index (χ0) is 12.4. The van der Waals surface area contributed by atoms with Crippen molar-refractivity contribution in [2.24, 2.45) is 0 Å². The van der Waals surface area contributed by atoms with E-state index >= 15 is 0 Å². The molecule has 0 aliphatic heterocycles. The van der Waals surface area contributed by atoms with Crippen LogP contribution in [0.15, 0.2) is 18.3 Å². The Labute approximate surface area is 90.2 Å². The van der Waals surface area contributed by atoms with Gasteiger partial charge in [0.1, 0.15) is 5.69 Å². The third-order valence-electron chi connectivity index (χ3n) is 1.55. The van der Waals surface area contributed by atoms with Crippen molar-refractivity contribution in [2.45, 2.75) is 12.8 Å². The van der Waals surface area contributed by atoms with Gasteiger partial charge in [-0.15, -0.1) is 0 Å². The monoisotopic (exact) mass is 255 g/mol. The van der Waals surface area contributed by atoms with Crippen LogP contribution >= 0.6 is 0 Å². The van der Waals surface area contributed by atoms with Gasteiger partial charge in [-0.25, -0.2) is 0 Å². The van der Waals surface area contributed by atoms with Crippen molar-refractivity contribution in [2.75, 3.05) is 6.26 Å². The summed E-state index contributed by atoms with van der Waals surface area (Å²) in [6.07, 6.45) is -2.73. The average Bonchev–Trinajstić information content (AvgIpc) is 2.13. The summed E-state index contributed by atoms with van der Waals surface area (Å²) in [4.78, 5) is 3.15. The van der Waals surface area contributed by atoms with Crippen molar-refractivity contribution in [3.05, 3.63) is 29.6 Å². The molecule has 0 aromatic carbocycles. The Morgan fingerprint density at radius 1 is 1.38 bits per heavy atom. The van der Waals surface area contributed by atoms with Crippen LogP contribution in [0.1, 0.15) is 11.3 Å². The van der Waals surface area contributed by atoms with Gasteiger partial charge in [-0.3, -0.25) is 9.17 Å². The van der Waals surface area contributed by atoms with Crippen LogP contribution in [0.3, 0.4) is 0 Å². The highest BCUT2D eigenvalue weighted by molar-refractivity contribution is 7.85. The summed E-state index contributed by atoms with van der Waals surface area (Å²) in [5.74, 6) is 0. The van der Waals surface area contributed by atoms with Gasteiger partial charge in [-0.1, -0.05) is 6.07 Å². The van der Waals surface area contributed by atoms with Crippen LogP contribution in [0.5, 0.6) is 0 Å². The standard InChI is InChI=1S/C8H8F3NO3S/c1-16(13,14)15-5-6-2-3-7(12-4-6)8(9,10)11/h2-4H,5H2,1H3. The molecule has 8 heteroatoms. The summed E-state index contributed by atoms with van der Waals surface area (Å²) in [6, 6.07) is 1.88. The Hall–Kier alpha value is -1.15. The number of alkyl halides is 3. The molecule has 0 amide bonds. The minimum Gasteiger partial charge on any atom is -0.265 e. The number of pyridine rings is 1. The van der Waals surface area contributed by atoms with Crippen molar-refractivity contribution < 1.29 is 25.8 Å². The van der Waals surface area contributed by atoms with Gasteiger partial charge >= 0.3 is 6.18 Å². The predicted octanol–water partition coefficient (Wildman–Crippen LogP) is 1.58. The fourth-order valence-corrected chi connectivity index (χ4v) is 1.20. The molecule has 90 valence electrons. The van der Waals surface area contributed by atoms with E-state index < -0.39 is 22.0 Å². The lowest BCUT2D eigenvalue weighted by Crippen LogP contribution is -2.08. The zero-order valence-corrected chi connectivity index (χ0v) is 8.97. The van der Waals surface area contributed by atoms with Gasteiger partial charge in [0.05, 0.1) is 12.9 Å². The van der Waals surface area contributed by atoms with Crippen LogP contribution in [0.2, 0.25) is 0 Å². The number of rotatable bonds is 3. The third-order valence-corrected chi connectivity index (χ3v) is 2.10. The number of halogens is 3. The molecular weight excluding hydrogens is 247 g/mol. The Morgan fingerprint density at radius 3 is 2.38 bits per heavy atom. The summed E-state index contributed by atoms with van der Waals surface area (Å²) in [5, 5.41) is 0. The largest absolute Gasteiger partial charge is 0.433 e. The molecule has 0 spiro atoms. The normalized spacial score (nSPS) is 12.8. The molecule has 0 unspecified atom stereocenters. The lowest BCUT2D eigenvalue weighted by atomic mass is 10.2. The zero-order valence-electron chi connectivity index (χ0n) is 8.15. The van der Waals surface area contributed by atoms with Crippen molar-refractivity contribution in [3.63, 3.8) is 0 Å². The Kier molecular flexibility index (Phi) is 3.54. The van der Waals surface area contributed by atoms with Gasteiger partial charge in [0.15, 0.2) is 0 Å². The highest BCUT2D eigenvalue weighted by atomic mass is 32.2. The van der Waals surface area contributed by atoms with E-state index in [9.17, 15) is 21.6 Å².